The SMILES string of the molecule is COC1CC(CC(=O)O)N(C(=O)CCCc2cccs2)C1. The third kappa shape index (κ3) is 4.54. The van der Waals surface area contributed by atoms with Gasteiger partial charge in [0.25, 0.3) is 0 Å². The van der Waals surface area contributed by atoms with E-state index in [0.29, 0.717) is 19.4 Å². The predicted octanol–water partition coefficient (Wildman–Crippen LogP) is 2.16. The quantitative estimate of drug-likeness (QED) is 0.838. The Kier molecular flexibility index (Phi) is 5.76. The van der Waals surface area contributed by atoms with Crippen LogP contribution in [0.5, 0.6) is 0 Å². The number of methoxy groups -OCH3 is 1. The van der Waals surface area contributed by atoms with Crippen LogP contribution in [0, 0.1) is 0 Å². The Morgan fingerprint density at radius 1 is 1.52 bits per heavy atom. The molecule has 0 saturated carbocycles. The molecule has 1 aliphatic heterocycles. The van der Waals surface area contributed by atoms with Crippen LogP contribution in [0.15, 0.2) is 17.5 Å². The molecule has 0 radical (unpaired) electrons. The minimum atomic E-state index is -0.867. The molecule has 2 rings (SSSR count). The molecule has 0 aliphatic carbocycles. The number of likely N-dealkylation sites (tertiary alicyclic amines) is 1. The predicted molar refractivity (Wildman–Crippen MR) is 80.4 cm³/mol. The summed E-state index contributed by atoms with van der Waals surface area (Å²) in [5.74, 6) is -0.828. The van der Waals surface area contributed by atoms with Crippen molar-refractivity contribution in [1.82, 2.24) is 4.90 Å². The van der Waals surface area contributed by atoms with E-state index in [1.165, 1.54) is 4.88 Å². The number of aliphatic carboxylic acids is 1. The third-order valence-corrected chi connectivity index (χ3v) is 4.77. The topological polar surface area (TPSA) is 66.8 Å². The van der Waals surface area contributed by atoms with E-state index >= 15 is 0 Å². The molecular weight excluding hydrogens is 290 g/mol. The molecule has 6 heteroatoms. The second kappa shape index (κ2) is 7.56. The molecule has 2 heterocycles. The van der Waals surface area contributed by atoms with Crippen LogP contribution in [-0.2, 0) is 20.7 Å². The molecule has 0 bridgehead atoms. The highest BCUT2D eigenvalue weighted by atomic mass is 32.1. The Balaban J connectivity index is 1.84. The smallest absolute Gasteiger partial charge is 0.305 e. The van der Waals surface area contributed by atoms with Gasteiger partial charge in [-0.3, -0.25) is 9.59 Å². The van der Waals surface area contributed by atoms with Gasteiger partial charge in [0.15, 0.2) is 0 Å². The molecule has 5 nitrogen and oxygen atoms in total. The van der Waals surface area contributed by atoms with Gasteiger partial charge in [0, 0.05) is 31.0 Å². The van der Waals surface area contributed by atoms with Gasteiger partial charge in [-0.15, -0.1) is 11.3 Å². The highest BCUT2D eigenvalue weighted by Gasteiger charge is 2.36. The average Bonchev–Trinajstić information content (AvgIpc) is 3.07. The summed E-state index contributed by atoms with van der Waals surface area (Å²) < 4.78 is 5.28. The summed E-state index contributed by atoms with van der Waals surface area (Å²) in [4.78, 5) is 26.2. The summed E-state index contributed by atoms with van der Waals surface area (Å²) in [5, 5.41) is 11.0. The number of nitrogens with zero attached hydrogens (tertiary/aromatic N) is 1. The fourth-order valence-corrected chi connectivity index (χ4v) is 3.51. The number of hydrogen-bond acceptors (Lipinski definition) is 4. The minimum Gasteiger partial charge on any atom is -0.481 e. The molecule has 1 saturated heterocycles. The second-order valence-corrected chi connectivity index (χ2v) is 6.36. The highest BCUT2D eigenvalue weighted by Crippen LogP contribution is 2.24. The van der Waals surface area contributed by atoms with Crippen LogP contribution in [0.25, 0.3) is 0 Å². The third-order valence-electron chi connectivity index (χ3n) is 3.83. The van der Waals surface area contributed by atoms with Gasteiger partial charge in [0.2, 0.25) is 5.91 Å². The molecule has 21 heavy (non-hydrogen) atoms. The Hall–Kier alpha value is -1.40. The number of carbonyl (C=O) groups is 2. The fourth-order valence-electron chi connectivity index (χ4n) is 2.76. The molecule has 1 amide bonds. The van der Waals surface area contributed by atoms with Crippen LogP contribution in [-0.4, -0.2) is 47.7 Å². The van der Waals surface area contributed by atoms with E-state index < -0.39 is 5.97 Å². The lowest BCUT2D eigenvalue weighted by molar-refractivity contribution is -0.139. The van der Waals surface area contributed by atoms with Gasteiger partial charge in [0.1, 0.15) is 0 Å². The molecular formula is C15H21NO4S. The van der Waals surface area contributed by atoms with Crippen molar-refractivity contribution >= 4 is 23.2 Å². The molecule has 0 spiro atoms. The van der Waals surface area contributed by atoms with Crippen molar-refractivity contribution in [2.75, 3.05) is 13.7 Å². The largest absolute Gasteiger partial charge is 0.481 e. The van der Waals surface area contributed by atoms with Crippen LogP contribution in [0.4, 0.5) is 0 Å². The van der Waals surface area contributed by atoms with Crippen LogP contribution < -0.4 is 0 Å². The first kappa shape index (κ1) is 16.0. The van der Waals surface area contributed by atoms with E-state index in [9.17, 15) is 9.59 Å². The normalized spacial score (nSPS) is 21.7. The zero-order valence-corrected chi connectivity index (χ0v) is 13.0. The lowest BCUT2D eigenvalue weighted by Gasteiger charge is -2.23. The fraction of sp³-hybridized carbons (Fsp3) is 0.600. The standard InChI is InChI=1S/C15H21NO4S/c1-20-12-8-11(9-15(18)19)16(10-12)14(17)6-2-4-13-5-3-7-21-13/h3,5,7,11-12H,2,4,6,8-10H2,1H3,(H,18,19). The van der Waals surface area contributed by atoms with Gasteiger partial charge in [0.05, 0.1) is 12.5 Å². The van der Waals surface area contributed by atoms with Crippen LogP contribution in [0.2, 0.25) is 0 Å². The second-order valence-electron chi connectivity index (χ2n) is 5.32. The van der Waals surface area contributed by atoms with Gasteiger partial charge in [-0.25, -0.2) is 0 Å². The van der Waals surface area contributed by atoms with Crippen molar-refractivity contribution in [2.24, 2.45) is 0 Å². The van der Waals surface area contributed by atoms with Crippen molar-refractivity contribution in [3.63, 3.8) is 0 Å². The molecule has 1 aliphatic rings. The molecule has 1 fully saturated rings. The van der Waals surface area contributed by atoms with Crippen molar-refractivity contribution < 1.29 is 19.4 Å². The van der Waals surface area contributed by atoms with Crippen molar-refractivity contribution in [2.45, 2.75) is 44.2 Å². The van der Waals surface area contributed by atoms with Gasteiger partial charge in [-0.05, 0) is 30.7 Å². The number of ether oxygens (including phenoxy) is 1. The highest BCUT2D eigenvalue weighted by molar-refractivity contribution is 7.09. The van der Waals surface area contributed by atoms with Crippen LogP contribution in [0.1, 0.15) is 30.6 Å². The molecule has 1 aromatic rings. The maximum absolute atomic E-state index is 12.3. The van der Waals surface area contributed by atoms with Gasteiger partial charge in [-0.1, -0.05) is 6.07 Å². The zero-order chi connectivity index (χ0) is 15.2. The van der Waals surface area contributed by atoms with E-state index in [1.54, 1.807) is 23.3 Å². The summed E-state index contributed by atoms with van der Waals surface area (Å²) in [6, 6.07) is 3.84. The molecule has 1 aromatic heterocycles. The lowest BCUT2D eigenvalue weighted by Crippen LogP contribution is -2.37. The van der Waals surface area contributed by atoms with Gasteiger partial charge < -0.3 is 14.7 Å². The summed E-state index contributed by atoms with van der Waals surface area (Å²) in [5.41, 5.74) is 0. The Morgan fingerprint density at radius 3 is 2.95 bits per heavy atom. The number of carboxylic acids is 1. The van der Waals surface area contributed by atoms with E-state index in [4.69, 9.17) is 9.84 Å². The monoisotopic (exact) mass is 311 g/mol. The number of carbonyl (C=O) groups excluding carboxylic acids is 1. The number of rotatable bonds is 7. The van der Waals surface area contributed by atoms with Crippen molar-refractivity contribution in [3.8, 4) is 0 Å². The summed E-state index contributed by atoms with van der Waals surface area (Å²) >= 11 is 1.70. The first-order valence-corrected chi connectivity index (χ1v) is 8.04. The van der Waals surface area contributed by atoms with Crippen molar-refractivity contribution in [1.29, 1.82) is 0 Å². The molecule has 116 valence electrons. The first-order chi connectivity index (χ1) is 10.1. The number of aryl methyl sites for hydroxylation is 1. The molecule has 1 N–H and O–H groups in total. The number of carboxylic acid groups (broad SMARTS) is 1. The summed E-state index contributed by atoms with van der Waals surface area (Å²) in [6.45, 7) is 0.506. The Bertz CT molecular complexity index is 474. The molecule has 0 aromatic carbocycles. The Labute approximate surface area is 128 Å². The van der Waals surface area contributed by atoms with Crippen LogP contribution >= 0.6 is 11.3 Å². The number of hydrogen-bond donors (Lipinski definition) is 1. The lowest BCUT2D eigenvalue weighted by atomic mass is 10.1. The van der Waals surface area contributed by atoms with Crippen LogP contribution in [0.3, 0.4) is 0 Å². The van der Waals surface area contributed by atoms with E-state index in [0.717, 1.165) is 12.8 Å². The average molecular weight is 311 g/mol. The maximum Gasteiger partial charge on any atom is 0.305 e. The maximum atomic E-state index is 12.3. The molecule has 2 atom stereocenters. The van der Waals surface area contributed by atoms with Gasteiger partial charge in [-0.2, -0.15) is 0 Å². The summed E-state index contributed by atoms with van der Waals surface area (Å²) in [7, 11) is 1.60. The minimum absolute atomic E-state index is 0.00345. The molecule has 2 unspecified atom stereocenters. The van der Waals surface area contributed by atoms with E-state index in [2.05, 4.69) is 6.07 Å². The zero-order valence-electron chi connectivity index (χ0n) is 12.2. The van der Waals surface area contributed by atoms with E-state index in [-0.39, 0.29) is 24.5 Å². The van der Waals surface area contributed by atoms with Crippen molar-refractivity contribution in [3.05, 3.63) is 22.4 Å². The Morgan fingerprint density at radius 2 is 2.33 bits per heavy atom. The number of amides is 1. The summed E-state index contributed by atoms with van der Waals surface area (Å²) in [6.07, 6.45) is 2.72. The van der Waals surface area contributed by atoms with Gasteiger partial charge >= 0.3 is 5.97 Å². The number of thiophene rings is 1. The van der Waals surface area contributed by atoms with E-state index in [1.807, 2.05) is 11.4 Å². The first-order valence-electron chi connectivity index (χ1n) is 7.16.